The Labute approximate surface area is 87.3 Å². The smallest absolute Gasteiger partial charge is 0.240 e. The highest BCUT2D eigenvalue weighted by molar-refractivity contribution is 5.43. The Bertz CT molecular complexity index is 478. The van der Waals surface area contributed by atoms with Crippen LogP contribution >= 0.6 is 0 Å². The molecule has 2 aromatic rings. The fourth-order valence-electron chi connectivity index (χ4n) is 1.16. The molecule has 78 valence electrons. The maximum atomic E-state index is 5.65. The molecule has 0 aliphatic heterocycles. The first-order chi connectivity index (χ1) is 7.15. The van der Waals surface area contributed by atoms with Crippen molar-refractivity contribution in [3.8, 4) is 11.8 Å². The van der Waals surface area contributed by atoms with E-state index in [0.717, 1.165) is 11.4 Å². The van der Waals surface area contributed by atoms with E-state index in [4.69, 9.17) is 10.5 Å². The van der Waals surface area contributed by atoms with Crippen LogP contribution in [0.1, 0.15) is 11.4 Å². The van der Waals surface area contributed by atoms with Crippen LogP contribution in [0.4, 0.5) is 5.69 Å². The van der Waals surface area contributed by atoms with Gasteiger partial charge in [0.2, 0.25) is 11.8 Å². The van der Waals surface area contributed by atoms with Crippen molar-refractivity contribution in [2.24, 2.45) is 0 Å². The van der Waals surface area contributed by atoms with Gasteiger partial charge in [-0.05, 0) is 19.9 Å². The summed E-state index contributed by atoms with van der Waals surface area (Å²) in [4.78, 5) is 4.18. The summed E-state index contributed by atoms with van der Waals surface area (Å²) in [5, 5.41) is 6.73. The van der Waals surface area contributed by atoms with E-state index >= 15 is 0 Å². The third kappa shape index (κ3) is 2.07. The molecule has 0 spiro atoms. The number of hydrogen-bond acceptors (Lipinski definition) is 4. The molecule has 0 saturated carbocycles. The molecule has 5 heteroatoms. The number of H-pyrrole nitrogens is 1. The number of pyridine rings is 1. The van der Waals surface area contributed by atoms with E-state index in [1.165, 1.54) is 0 Å². The fourth-order valence-corrected chi connectivity index (χ4v) is 1.16. The number of nitrogen functional groups attached to an aromatic ring is 1. The summed E-state index contributed by atoms with van der Waals surface area (Å²) in [7, 11) is 0. The summed E-state index contributed by atoms with van der Waals surface area (Å²) in [5.74, 6) is 0.998. The SMILES string of the molecule is Cc1cc(Oc2ccc(N)c(C)n2)n[nH]1. The normalized spacial score (nSPS) is 10.3. The molecular weight excluding hydrogens is 192 g/mol. The first kappa shape index (κ1) is 9.51. The molecule has 0 aliphatic rings. The molecule has 2 aromatic heterocycles. The van der Waals surface area contributed by atoms with Gasteiger partial charge in [-0.1, -0.05) is 0 Å². The third-order valence-electron chi connectivity index (χ3n) is 1.99. The Morgan fingerprint density at radius 2 is 2.07 bits per heavy atom. The number of aromatic amines is 1. The van der Waals surface area contributed by atoms with Gasteiger partial charge in [0.05, 0.1) is 11.4 Å². The van der Waals surface area contributed by atoms with Crippen molar-refractivity contribution >= 4 is 5.69 Å². The minimum absolute atomic E-state index is 0.494. The summed E-state index contributed by atoms with van der Waals surface area (Å²) in [6.45, 7) is 3.74. The summed E-state index contributed by atoms with van der Waals surface area (Å²) < 4.78 is 5.43. The van der Waals surface area contributed by atoms with Crippen LogP contribution in [0, 0.1) is 13.8 Å². The molecule has 3 N–H and O–H groups in total. The Hall–Kier alpha value is -2.04. The zero-order valence-corrected chi connectivity index (χ0v) is 8.61. The number of anilines is 1. The molecular formula is C10H12N4O. The molecule has 0 bridgehead atoms. The second-order valence-electron chi connectivity index (χ2n) is 3.32. The number of hydrogen-bond donors (Lipinski definition) is 2. The Balaban J connectivity index is 2.21. The van der Waals surface area contributed by atoms with Gasteiger partial charge in [-0.2, -0.15) is 0 Å². The predicted molar refractivity (Wildman–Crippen MR) is 56.8 cm³/mol. The van der Waals surface area contributed by atoms with Gasteiger partial charge in [0, 0.05) is 17.8 Å². The Morgan fingerprint density at radius 3 is 2.67 bits per heavy atom. The van der Waals surface area contributed by atoms with Gasteiger partial charge >= 0.3 is 0 Å². The van der Waals surface area contributed by atoms with E-state index in [1.807, 2.05) is 13.8 Å². The Kier molecular flexibility index (Phi) is 2.29. The van der Waals surface area contributed by atoms with Crippen molar-refractivity contribution in [2.75, 3.05) is 5.73 Å². The Morgan fingerprint density at radius 1 is 1.27 bits per heavy atom. The lowest BCUT2D eigenvalue weighted by Gasteiger charge is -2.03. The van der Waals surface area contributed by atoms with Crippen LogP contribution in [0.2, 0.25) is 0 Å². The minimum atomic E-state index is 0.494. The first-order valence-corrected chi connectivity index (χ1v) is 4.58. The van der Waals surface area contributed by atoms with Crippen molar-refractivity contribution in [3.05, 3.63) is 29.6 Å². The summed E-state index contributed by atoms with van der Waals surface area (Å²) in [6, 6.07) is 5.27. The lowest BCUT2D eigenvalue weighted by atomic mass is 10.3. The fraction of sp³-hybridized carbons (Fsp3) is 0.200. The van der Waals surface area contributed by atoms with Crippen LogP contribution in [0.5, 0.6) is 11.8 Å². The maximum absolute atomic E-state index is 5.65. The summed E-state index contributed by atoms with van der Waals surface area (Å²) in [6.07, 6.45) is 0. The van der Waals surface area contributed by atoms with E-state index < -0.39 is 0 Å². The standard InChI is InChI=1S/C10H12N4O/c1-6-5-10(14-13-6)15-9-4-3-8(11)7(2)12-9/h3-5H,11H2,1-2H3,(H,13,14). The largest absolute Gasteiger partial charge is 0.419 e. The highest BCUT2D eigenvalue weighted by Crippen LogP contribution is 2.19. The van der Waals surface area contributed by atoms with Gasteiger partial charge in [-0.3, -0.25) is 5.10 Å². The van der Waals surface area contributed by atoms with Crippen molar-refractivity contribution in [1.82, 2.24) is 15.2 Å². The average Bonchev–Trinajstić information content (AvgIpc) is 2.58. The van der Waals surface area contributed by atoms with E-state index in [9.17, 15) is 0 Å². The molecule has 0 atom stereocenters. The highest BCUT2D eigenvalue weighted by atomic mass is 16.5. The monoisotopic (exact) mass is 204 g/mol. The lowest BCUT2D eigenvalue weighted by molar-refractivity contribution is 0.442. The van der Waals surface area contributed by atoms with Crippen LogP contribution in [-0.4, -0.2) is 15.2 Å². The van der Waals surface area contributed by atoms with E-state index in [1.54, 1.807) is 18.2 Å². The van der Waals surface area contributed by atoms with Crippen LogP contribution in [0.3, 0.4) is 0 Å². The molecule has 5 nitrogen and oxygen atoms in total. The predicted octanol–water partition coefficient (Wildman–Crippen LogP) is 1.80. The molecule has 0 aromatic carbocycles. The third-order valence-corrected chi connectivity index (χ3v) is 1.99. The van der Waals surface area contributed by atoms with Crippen molar-refractivity contribution in [1.29, 1.82) is 0 Å². The molecule has 15 heavy (non-hydrogen) atoms. The second kappa shape index (κ2) is 3.61. The van der Waals surface area contributed by atoms with E-state index in [-0.39, 0.29) is 0 Å². The molecule has 2 rings (SSSR count). The van der Waals surface area contributed by atoms with Gasteiger partial charge in [0.25, 0.3) is 0 Å². The molecule has 0 aliphatic carbocycles. The number of nitrogens with one attached hydrogen (secondary N) is 1. The second-order valence-corrected chi connectivity index (χ2v) is 3.32. The number of nitrogens with zero attached hydrogens (tertiary/aromatic N) is 2. The topological polar surface area (TPSA) is 76.8 Å². The van der Waals surface area contributed by atoms with E-state index in [2.05, 4.69) is 15.2 Å². The van der Waals surface area contributed by atoms with Crippen LogP contribution in [0.15, 0.2) is 18.2 Å². The lowest BCUT2D eigenvalue weighted by Crippen LogP contribution is -1.95. The van der Waals surface area contributed by atoms with Gasteiger partial charge in [-0.25, -0.2) is 4.98 Å². The van der Waals surface area contributed by atoms with Crippen LogP contribution < -0.4 is 10.5 Å². The summed E-state index contributed by atoms with van der Waals surface area (Å²) in [5.41, 5.74) is 7.99. The van der Waals surface area contributed by atoms with E-state index in [0.29, 0.717) is 17.4 Å². The molecule has 0 unspecified atom stereocenters. The minimum Gasteiger partial charge on any atom is -0.419 e. The molecule has 0 radical (unpaired) electrons. The molecule has 0 fully saturated rings. The number of aryl methyl sites for hydroxylation is 2. The van der Waals surface area contributed by atoms with Crippen molar-refractivity contribution in [3.63, 3.8) is 0 Å². The van der Waals surface area contributed by atoms with Gasteiger partial charge in [-0.15, -0.1) is 5.10 Å². The molecule has 2 heterocycles. The summed E-state index contributed by atoms with van der Waals surface area (Å²) >= 11 is 0. The maximum Gasteiger partial charge on any atom is 0.240 e. The number of ether oxygens (including phenoxy) is 1. The number of aromatic nitrogens is 3. The quantitative estimate of drug-likeness (QED) is 0.781. The van der Waals surface area contributed by atoms with Crippen LogP contribution in [0.25, 0.3) is 0 Å². The molecule has 0 saturated heterocycles. The zero-order chi connectivity index (χ0) is 10.8. The zero-order valence-electron chi connectivity index (χ0n) is 8.61. The van der Waals surface area contributed by atoms with Gasteiger partial charge < -0.3 is 10.5 Å². The van der Waals surface area contributed by atoms with Crippen molar-refractivity contribution < 1.29 is 4.74 Å². The number of rotatable bonds is 2. The van der Waals surface area contributed by atoms with Gasteiger partial charge in [0.15, 0.2) is 0 Å². The van der Waals surface area contributed by atoms with Crippen LogP contribution in [-0.2, 0) is 0 Å². The highest BCUT2D eigenvalue weighted by Gasteiger charge is 2.03. The van der Waals surface area contributed by atoms with Gasteiger partial charge in [0.1, 0.15) is 0 Å². The van der Waals surface area contributed by atoms with Crippen molar-refractivity contribution in [2.45, 2.75) is 13.8 Å². The number of nitrogens with two attached hydrogens (primary N) is 1. The average molecular weight is 204 g/mol. The molecule has 0 amide bonds. The first-order valence-electron chi connectivity index (χ1n) is 4.58.